The van der Waals surface area contributed by atoms with Crippen molar-refractivity contribution in [3.8, 4) is 0 Å². The maximum atomic E-state index is 13.6. The number of rotatable bonds is 4. The Hall–Kier alpha value is -1.68. The highest BCUT2D eigenvalue weighted by Crippen LogP contribution is 2.25. The average Bonchev–Trinajstić information content (AvgIpc) is 2.35. The summed E-state index contributed by atoms with van der Waals surface area (Å²) in [6.07, 6.45) is 1.34. The fraction of sp³-hybridized carbons (Fsp3) is 0.231. The number of aliphatic imine (C=N–C) groups is 1. The van der Waals surface area contributed by atoms with E-state index in [4.69, 9.17) is 16.3 Å². The number of nitrogens with zero attached hydrogens (tertiary/aromatic N) is 1. The quantitative estimate of drug-likeness (QED) is 0.477. The summed E-state index contributed by atoms with van der Waals surface area (Å²) in [6.45, 7) is 6.78. The van der Waals surface area contributed by atoms with E-state index in [2.05, 4.69) is 11.7 Å². The number of halogens is 2. The lowest BCUT2D eigenvalue weighted by Gasteiger charge is -2.05. The van der Waals surface area contributed by atoms with Gasteiger partial charge >= 0.3 is 5.97 Å². The van der Waals surface area contributed by atoms with Crippen LogP contribution in [0.2, 0.25) is 5.02 Å². The zero-order valence-electron chi connectivity index (χ0n) is 10.2. The Labute approximate surface area is 110 Å². The van der Waals surface area contributed by atoms with E-state index in [0.29, 0.717) is 11.1 Å². The highest BCUT2D eigenvalue weighted by Gasteiger charge is 2.12. The Morgan fingerprint density at radius 1 is 1.61 bits per heavy atom. The first-order valence-electron chi connectivity index (χ1n) is 5.31. The number of aryl methyl sites for hydroxylation is 1. The largest absolute Gasteiger partial charge is 0.461 e. The molecule has 0 spiro atoms. The van der Waals surface area contributed by atoms with Crippen LogP contribution in [0.5, 0.6) is 0 Å². The van der Waals surface area contributed by atoms with Crippen LogP contribution in [-0.4, -0.2) is 19.3 Å². The molecule has 0 aromatic heterocycles. The van der Waals surface area contributed by atoms with Crippen LogP contribution in [0.4, 0.5) is 4.39 Å². The third-order valence-corrected chi connectivity index (χ3v) is 2.64. The van der Waals surface area contributed by atoms with E-state index in [1.54, 1.807) is 26.0 Å². The number of ether oxygens (including phenoxy) is 1. The number of esters is 1. The van der Waals surface area contributed by atoms with Crippen molar-refractivity contribution in [2.45, 2.75) is 13.8 Å². The topological polar surface area (TPSA) is 38.7 Å². The van der Waals surface area contributed by atoms with Crippen molar-refractivity contribution in [1.82, 2.24) is 0 Å². The average molecular weight is 270 g/mol. The van der Waals surface area contributed by atoms with E-state index in [1.165, 1.54) is 6.08 Å². The van der Waals surface area contributed by atoms with Crippen LogP contribution in [-0.2, 0) is 9.53 Å². The van der Waals surface area contributed by atoms with E-state index >= 15 is 0 Å². The predicted octanol–water partition coefficient (Wildman–Crippen LogP) is 3.39. The molecule has 18 heavy (non-hydrogen) atoms. The summed E-state index contributed by atoms with van der Waals surface area (Å²) in [5, 5.41) is -0.0551. The third-order valence-electron chi connectivity index (χ3n) is 2.25. The fourth-order valence-corrected chi connectivity index (χ4v) is 1.56. The second kappa shape index (κ2) is 6.31. The van der Waals surface area contributed by atoms with Crippen LogP contribution in [0.1, 0.15) is 18.1 Å². The number of hydrogen-bond donors (Lipinski definition) is 0. The molecule has 0 amide bonds. The van der Waals surface area contributed by atoms with Crippen LogP contribution in [0.15, 0.2) is 22.8 Å². The molecule has 96 valence electrons. The molecule has 0 saturated carbocycles. The molecule has 1 aromatic carbocycles. The number of hydrogen-bond acceptors (Lipinski definition) is 3. The van der Waals surface area contributed by atoms with Crippen molar-refractivity contribution in [2.75, 3.05) is 6.61 Å². The van der Waals surface area contributed by atoms with Crippen molar-refractivity contribution in [3.05, 3.63) is 39.8 Å². The molecule has 0 unspecified atom stereocenters. The Morgan fingerprint density at radius 3 is 2.83 bits per heavy atom. The van der Waals surface area contributed by atoms with Crippen LogP contribution < -0.4 is 0 Å². The maximum absolute atomic E-state index is 13.6. The molecule has 0 aliphatic carbocycles. The van der Waals surface area contributed by atoms with Gasteiger partial charge in [0.25, 0.3) is 0 Å². The van der Waals surface area contributed by atoms with Gasteiger partial charge in [0.1, 0.15) is 11.5 Å². The third kappa shape index (κ3) is 3.17. The summed E-state index contributed by atoms with van der Waals surface area (Å²) in [4.78, 5) is 15.0. The Morgan fingerprint density at radius 2 is 2.28 bits per heavy atom. The van der Waals surface area contributed by atoms with Gasteiger partial charge in [-0.15, -0.1) is 0 Å². The SMILES string of the molecule is C=N/C(=C\c1ccc(C)c(F)c1Cl)C(=O)OCC. The molecule has 0 radical (unpaired) electrons. The van der Waals surface area contributed by atoms with Gasteiger partial charge in [-0.1, -0.05) is 23.7 Å². The molecule has 0 atom stereocenters. The summed E-state index contributed by atoms with van der Waals surface area (Å²) < 4.78 is 18.4. The minimum atomic E-state index is -0.621. The molecule has 3 nitrogen and oxygen atoms in total. The molecule has 0 aliphatic heterocycles. The zero-order chi connectivity index (χ0) is 13.7. The molecule has 5 heteroatoms. The van der Waals surface area contributed by atoms with Crippen LogP contribution in [0, 0.1) is 12.7 Å². The molecule has 1 aromatic rings. The van der Waals surface area contributed by atoms with E-state index in [-0.39, 0.29) is 17.3 Å². The van der Waals surface area contributed by atoms with Gasteiger partial charge in [0.15, 0.2) is 0 Å². The van der Waals surface area contributed by atoms with Crippen molar-refractivity contribution in [1.29, 1.82) is 0 Å². The number of benzene rings is 1. The van der Waals surface area contributed by atoms with Gasteiger partial charge in [-0.3, -0.25) is 4.99 Å². The van der Waals surface area contributed by atoms with Crippen molar-refractivity contribution >= 4 is 30.4 Å². The standard InChI is InChI=1S/C13H13ClFNO2/c1-4-18-13(17)10(16-3)7-9-6-5-8(2)12(15)11(9)14/h5-7H,3-4H2,1-2H3/b10-7-. The van der Waals surface area contributed by atoms with Gasteiger partial charge in [-0.05, 0) is 37.8 Å². The smallest absolute Gasteiger partial charge is 0.356 e. The van der Waals surface area contributed by atoms with E-state index < -0.39 is 11.8 Å². The fourth-order valence-electron chi connectivity index (χ4n) is 1.29. The number of carbonyl (C=O) groups is 1. The normalized spacial score (nSPS) is 11.2. The van der Waals surface area contributed by atoms with Crippen LogP contribution in [0.25, 0.3) is 6.08 Å². The molecule has 0 fully saturated rings. The Bertz CT molecular complexity index is 512. The lowest BCUT2D eigenvalue weighted by Crippen LogP contribution is -2.05. The molecule has 0 heterocycles. The molecule has 0 saturated heterocycles. The highest BCUT2D eigenvalue weighted by atomic mass is 35.5. The van der Waals surface area contributed by atoms with Gasteiger partial charge in [0.05, 0.1) is 11.6 Å². The first-order valence-corrected chi connectivity index (χ1v) is 5.69. The van der Waals surface area contributed by atoms with Crippen molar-refractivity contribution in [3.63, 3.8) is 0 Å². The zero-order valence-corrected chi connectivity index (χ0v) is 10.9. The number of carbonyl (C=O) groups excluding carboxylic acids is 1. The lowest BCUT2D eigenvalue weighted by molar-refractivity contribution is -0.138. The van der Waals surface area contributed by atoms with Gasteiger partial charge in [-0.25, -0.2) is 9.18 Å². The summed E-state index contributed by atoms with van der Waals surface area (Å²) in [5.41, 5.74) is 0.776. The molecular formula is C13H13ClFNO2. The summed E-state index contributed by atoms with van der Waals surface area (Å²) in [6, 6.07) is 3.17. The molecule has 0 N–H and O–H groups in total. The molecule has 0 aliphatic rings. The minimum absolute atomic E-state index is 0.0120. The summed E-state index contributed by atoms with van der Waals surface area (Å²) in [5.74, 6) is -1.14. The van der Waals surface area contributed by atoms with Gasteiger partial charge in [-0.2, -0.15) is 0 Å². The van der Waals surface area contributed by atoms with Gasteiger partial charge in [0.2, 0.25) is 0 Å². The minimum Gasteiger partial charge on any atom is -0.461 e. The lowest BCUT2D eigenvalue weighted by atomic mass is 10.1. The predicted molar refractivity (Wildman–Crippen MR) is 70.3 cm³/mol. The second-order valence-corrected chi connectivity index (χ2v) is 3.89. The molecule has 1 rings (SSSR count). The highest BCUT2D eigenvalue weighted by molar-refractivity contribution is 6.32. The maximum Gasteiger partial charge on any atom is 0.356 e. The summed E-state index contributed by atoms with van der Waals surface area (Å²) in [7, 11) is 0. The van der Waals surface area contributed by atoms with Crippen LogP contribution >= 0.6 is 11.6 Å². The molecular weight excluding hydrogens is 257 g/mol. The van der Waals surface area contributed by atoms with Crippen molar-refractivity contribution in [2.24, 2.45) is 4.99 Å². The van der Waals surface area contributed by atoms with Gasteiger partial charge in [0, 0.05) is 0 Å². The van der Waals surface area contributed by atoms with E-state index in [0.717, 1.165) is 0 Å². The summed E-state index contributed by atoms with van der Waals surface area (Å²) >= 11 is 5.85. The van der Waals surface area contributed by atoms with E-state index in [9.17, 15) is 9.18 Å². The molecule has 0 bridgehead atoms. The second-order valence-electron chi connectivity index (χ2n) is 3.51. The van der Waals surface area contributed by atoms with Gasteiger partial charge < -0.3 is 4.74 Å². The van der Waals surface area contributed by atoms with Crippen LogP contribution in [0.3, 0.4) is 0 Å². The monoisotopic (exact) mass is 269 g/mol. The Balaban J connectivity index is 3.18. The first-order chi connectivity index (χ1) is 8.51. The Kier molecular flexibility index (Phi) is 5.04. The first kappa shape index (κ1) is 14.4. The van der Waals surface area contributed by atoms with E-state index in [1.807, 2.05) is 0 Å². The van der Waals surface area contributed by atoms with Crippen molar-refractivity contribution < 1.29 is 13.9 Å².